The van der Waals surface area contributed by atoms with Gasteiger partial charge in [-0.2, -0.15) is 26.6 Å². The van der Waals surface area contributed by atoms with Gasteiger partial charge in [-0.25, -0.2) is 8.70 Å². The zero-order chi connectivity index (χ0) is 21.5. The van der Waals surface area contributed by atoms with Crippen LogP contribution in [-0.4, -0.2) is 43.3 Å². The molecule has 1 unspecified atom stereocenters. The van der Waals surface area contributed by atoms with Gasteiger partial charge in [0.15, 0.2) is 0 Å². The molecule has 0 saturated heterocycles. The van der Waals surface area contributed by atoms with E-state index in [-0.39, 0.29) is 5.82 Å². The fourth-order valence-electron chi connectivity index (χ4n) is 1.92. The van der Waals surface area contributed by atoms with E-state index in [2.05, 4.69) is 46.2 Å². The molecule has 1 heterocycles. The van der Waals surface area contributed by atoms with Crippen LogP contribution in [0.1, 0.15) is 19.4 Å². The van der Waals surface area contributed by atoms with Gasteiger partial charge in [-0.3, -0.25) is 4.18 Å². The summed E-state index contributed by atoms with van der Waals surface area (Å²) < 4.78 is 73.2. The van der Waals surface area contributed by atoms with Crippen LogP contribution in [-0.2, 0) is 20.8 Å². The van der Waals surface area contributed by atoms with Crippen molar-refractivity contribution in [2.45, 2.75) is 25.9 Å². The van der Waals surface area contributed by atoms with Gasteiger partial charge < -0.3 is 0 Å². The minimum absolute atomic E-state index is 0.179. The molecule has 1 aliphatic rings. The number of quaternary nitrogens is 1. The van der Waals surface area contributed by atoms with Crippen molar-refractivity contribution in [3.05, 3.63) is 48.0 Å². The molecule has 28 heavy (non-hydrogen) atoms. The normalized spacial score (nSPS) is 16.8. The van der Waals surface area contributed by atoms with Crippen molar-refractivity contribution in [3.63, 3.8) is 0 Å². The number of benzene rings is 1. The minimum Gasteiger partial charge on any atom is -0.267 e. The molecule has 1 aliphatic heterocycles. The molecule has 6 nitrogen and oxygen atoms in total. The van der Waals surface area contributed by atoms with E-state index in [4.69, 9.17) is 0 Å². The average molecular weight is 447 g/mol. The Labute approximate surface area is 167 Å². The summed E-state index contributed by atoms with van der Waals surface area (Å²) in [4.78, 5) is 0. The van der Waals surface area contributed by atoms with Gasteiger partial charge in [-0.1, -0.05) is 26.0 Å². The average Bonchev–Trinajstić information content (AvgIpc) is 2.59. The van der Waals surface area contributed by atoms with Crippen molar-refractivity contribution in [2.24, 2.45) is 5.92 Å². The first-order valence-electron chi connectivity index (χ1n) is 8.21. The second-order valence-electron chi connectivity index (χ2n) is 6.27. The van der Waals surface area contributed by atoms with Gasteiger partial charge >= 0.3 is 15.6 Å². The Bertz CT molecular complexity index is 740. The maximum absolute atomic E-state index is 12.9. The third kappa shape index (κ3) is 7.95. The molecule has 0 aromatic heterocycles. The third-order valence-electron chi connectivity index (χ3n) is 3.35. The lowest BCUT2D eigenvalue weighted by Gasteiger charge is -2.33. The molecule has 1 aromatic carbocycles. The van der Waals surface area contributed by atoms with Crippen molar-refractivity contribution in [1.29, 1.82) is 0 Å². The molecule has 0 saturated carbocycles. The van der Waals surface area contributed by atoms with Crippen LogP contribution >= 0.6 is 12.1 Å². The molecule has 0 bridgehead atoms. The minimum atomic E-state index is -5.34. The van der Waals surface area contributed by atoms with E-state index in [0.717, 1.165) is 18.7 Å². The van der Waals surface area contributed by atoms with Crippen molar-refractivity contribution in [1.82, 2.24) is 8.72 Å². The summed E-state index contributed by atoms with van der Waals surface area (Å²) in [5, 5.41) is 1.26. The molecule has 2 rings (SSSR count). The second-order valence-corrected chi connectivity index (χ2v) is 9.05. The van der Waals surface area contributed by atoms with Gasteiger partial charge in [-0.05, 0) is 23.6 Å². The lowest BCUT2D eigenvalue weighted by atomic mass is 10.2. The molecule has 0 spiro atoms. The number of nitrogens with one attached hydrogen (secondary N) is 1. The van der Waals surface area contributed by atoms with Crippen LogP contribution < -0.4 is 5.01 Å². The molecule has 0 amide bonds. The number of rotatable bonds is 7. The lowest BCUT2D eigenvalue weighted by Crippen LogP contribution is -3.13. The molecule has 0 aliphatic carbocycles. The fourth-order valence-corrected chi connectivity index (χ4v) is 3.24. The molecule has 0 radical (unpaired) electrons. The van der Waals surface area contributed by atoms with E-state index in [9.17, 15) is 26.0 Å². The van der Waals surface area contributed by atoms with Crippen molar-refractivity contribution in [2.75, 3.05) is 20.7 Å². The first-order chi connectivity index (χ1) is 12.9. The summed E-state index contributed by atoms with van der Waals surface area (Å²) in [6.45, 7) is 6.24. The first-order valence-corrected chi connectivity index (χ1v) is 10.3. The predicted octanol–water partition coefficient (Wildman–Crippen LogP) is 2.55. The highest BCUT2D eigenvalue weighted by atomic mass is 32.2. The number of hydrogen-bond donors (Lipinski definition) is 1. The van der Waals surface area contributed by atoms with Crippen LogP contribution in [0.25, 0.3) is 0 Å². The van der Waals surface area contributed by atoms with E-state index in [1.165, 1.54) is 17.1 Å². The topological polar surface area (TPSA) is 54.3 Å². The van der Waals surface area contributed by atoms with Crippen LogP contribution in [0.15, 0.2) is 36.7 Å². The van der Waals surface area contributed by atoms with Crippen LogP contribution in [0.2, 0.25) is 0 Å². The molecule has 160 valence electrons. The first kappa shape index (κ1) is 24.7. The lowest BCUT2D eigenvalue weighted by molar-refractivity contribution is -0.943. The molecule has 1 N–H and O–H groups in total. The molecule has 12 heteroatoms. The third-order valence-corrected chi connectivity index (χ3v) is 5.45. The van der Waals surface area contributed by atoms with Crippen molar-refractivity contribution < 1.29 is 35.2 Å². The zero-order valence-corrected chi connectivity index (χ0v) is 17.5. The van der Waals surface area contributed by atoms with Crippen LogP contribution in [0.3, 0.4) is 0 Å². The highest BCUT2D eigenvalue weighted by Gasteiger charge is 2.46. The molecular formula is C16H24F4N3O3S2+. The largest absolute Gasteiger partial charge is 0.523 e. The fraction of sp³-hybridized carbons (Fsp3) is 0.500. The van der Waals surface area contributed by atoms with Crippen molar-refractivity contribution in [3.8, 4) is 0 Å². The molecule has 1 aromatic rings. The smallest absolute Gasteiger partial charge is 0.267 e. The van der Waals surface area contributed by atoms with Gasteiger partial charge in [0.2, 0.25) is 0 Å². The Morgan fingerprint density at radius 1 is 1.25 bits per heavy atom. The summed E-state index contributed by atoms with van der Waals surface area (Å²) in [5.41, 5.74) is -4.17. The molecule has 0 fully saturated rings. The number of halogens is 4. The van der Waals surface area contributed by atoms with Crippen LogP contribution in [0.5, 0.6) is 0 Å². The van der Waals surface area contributed by atoms with Crippen molar-refractivity contribution >= 4 is 22.3 Å². The highest BCUT2D eigenvalue weighted by molar-refractivity contribution is 7.94. The Morgan fingerprint density at radius 2 is 1.82 bits per heavy atom. The van der Waals surface area contributed by atoms with Crippen LogP contribution in [0.4, 0.5) is 17.6 Å². The van der Waals surface area contributed by atoms with Crippen LogP contribution in [0, 0.1) is 11.7 Å². The van der Waals surface area contributed by atoms with Gasteiger partial charge in [0.25, 0.3) is 0 Å². The number of hydrogen-bond acceptors (Lipinski definition) is 6. The summed E-state index contributed by atoms with van der Waals surface area (Å²) in [6.07, 6.45) is 4.16. The number of nitrogens with zero attached hydrogens (tertiary/aromatic N) is 2. The van der Waals surface area contributed by atoms with E-state index in [1.54, 1.807) is 12.1 Å². The monoisotopic (exact) mass is 446 g/mol. The molecular weight excluding hydrogens is 422 g/mol. The van der Waals surface area contributed by atoms with Gasteiger partial charge in [0.05, 0.1) is 26.3 Å². The summed E-state index contributed by atoms with van der Waals surface area (Å²) >= 11 is 1.72. The molecule has 1 atom stereocenters. The quantitative estimate of drug-likeness (QED) is 0.301. The van der Waals surface area contributed by atoms with Gasteiger partial charge in [-0.15, -0.1) is 4.41 Å². The Kier molecular flexibility index (Phi) is 9.21. The summed E-state index contributed by atoms with van der Waals surface area (Å²) in [7, 11) is -2.79. The Hall–Kier alpha value is -1.34. The maximum atomic E-state index is 12.9. The van der Waals surface area contributed by atoms with E-state index in [0.29, 0.717) is 13.0 Å². The summed E-state index contributed by atoms with van der Waals surface area (Å²) in [5.74, 6) is 0.417. The predicted molar refractivity (Wildman–Crippen MR) is 99.1 cm³/mol. The Morgan fingerprint density at radius 3 is 2.14 bits per heavy atom. The summed E-state index contributed by atoms with van der Waals surface area (Å²) in [6, 6.07) is 6.75. The second kappa shape index (κ2) is 10.4. The maximum Gasteiger partial charge on any atom is 0.523 e. The van der Waals surface area contributed by atoms with Gasteiger partial charge in [0.1, 0.15) is 18.2 Å². The standard InChI is InChI=1S/C14H20FN3S.C2H3F3O3S/c1-12(2)10-17(19-18-9-8-16(18)3)11-13-4-6-14(15)7-5-13;1-8-9(6,7)2(3,4)5/h4-9,12H,10-11H2,1-3H3;1H3/p+1. The van der Waals surface area contributed by atoms with Gasteiger partial charge in [0, 0.05) is 13.1 Å². The van der Waals surface area contributed by atoms with E-state index >= 15 is 0 Å². The zero-order valence-electron chi connectivity index (χ0n) is 15.9. The van der Waals surface area contributed by atoms with E-state index < -0.39 is 15.6 Å². The Balaban J connectivity index is 0.000000370. The van der Waals surface area contributed by atoms with E-state index in [1.807, 2.05) is 12.1 Å². The number of alkyl halides is 3. The highest BCUT2D eigenvalue weighted by Crippen LogP contribution is 2.23. The SMILES string of the molecule is CC(C)CN(Cc1ccc(F)cc1)SN1C=C[NH+]1C.COS(=O)(=O)C(F)(F)F.